The molecule has 104 valence electrons. The number of hydrogen-bond acceptors (Lipinski definition) is 2. The molecule has 1 aliphatic rings. The van der Waals surface area contributed by atoms with Crippen molar-refractivity contribution in [3.05, 3.63) is 35.9 Å². The maximum Gasteiger partial charge on any atom is 0.230 e. The van der Waals surface area contributed by atoms with E-state index in [0.717, 1.165) is 24.8 Å². The minimum absolute atomic E-state index is 0.0914. The lowest BCUT2D eigenvalue weighted by Crippen LogP contribution is -2.45. The standard InChI is InChI=1S/C16H24N2O/c1-12(2)10-14(11-17)18-15(19)16(8-9-16)13-6-4-3-5-7-13/h3-7,12,14H,8-11,17H2,1-2H3,(H,18,19). The second-order valence-corrected chi connectivity index (χ2v) is 5.98. The summed E-state index contributed by atoms with van der Waals surface area (Å²) in [5, 5.41) is 3.14. The third kappa shape index (κ3) is 3.16. The lowest BCUT2D eigenvalue weighted by molar-refractivity contribution is -0.124. The number of benzene rings is 1. The van der Waals surface area contributed by atoms with Gasteiger partial charge in [0, 0.05) is 12.6 Å². The van der Waals surface area contributed by atoms with Crippen molar-refractivity contribution in [2.75, 3.05) is 6.54 Å². The van der Waals surface area contributed by atoms with Crippen LogP contribution in [-0.2, 0) is 10.2 Å². The quantitative estimate of drug-likeness (QED) is 0.824. The van der Waals surface area contributed by atoms with Crippen molar-refractivity contribution in [3.63, 3.8) is 0 Å². The summed E-state index contributed by atoms with van der Waals surface area (Å²) in [5.74, 6) is 0.690. The van der Waals surface area contributed by atoms with Crippen molar-refractivity contribution in [1.82, 2.24) is 5.32 Å². The van der Waals surface area contributed by atoms with E-state index in [9.17, 15) is 4.79 Å². The van der Waals surface area contributed by atoms with Gasteiger partial charge in [0.05, 0.1) is 5.41 Å². The Morgan fingerprint density at radius 1 is 1.32 bits per heavy atom. The number of rotatable bonds is 6. The van der Waals surface area contributed by atoms with Gasteiger partial charge in [-0.3, -0.25) is 4.79 Å². The van der Waals surface area contributed by atoms with E-state index in [1.165, 1.54) is 0 Å². The van der Waals surface area contributed by atoms with Crippen molar-refractivity contribution in [3.8, 4) is 0 Å². The van der Waals surface area contributed by atoms with E-state index in [2.05, 4.69) is 19.2 Å². The van der Waals surface area contributed by atoms with Crippen molar-refractivity contribution in [1.29, 1.82) is 0 Å². The van der Waals surface area contributed by atoms with Crippen molar-refractivity contribution < 1.29 is 4.79 Å². The summed E-state index contributed by atoms with van der Waals surface area (Å²) in [5.41, 5.74) is 6.60. The molecule has 1 fully saturated rings. The monoisotopic (exact) mass is 260 g/mol. The average molecular weight is 260 g/mol. The first-order valence-corrected chi connectivity index (χ1v) is 7.15. The average Bonchev–Trinajstić information content (AvgIpc) is 3.20. The predicted octanol–water partition coefficient (Wildman–Crippen LogP) is 2.21. The van der Waals surface area contributed by atoms with Crippen LogP contribution in [0.4, 0.5) is 0 Å². The Morgan fingerprint density at radius 2 is 1.95 bits per heavy atom. The van der Waals surface area contributed by atoms with Crippen molar-refractivity contribution >= 4 is 5.91 Å². The van der Waals surface area contributed by atoms with E-state index in [1.54, 1.807) is 0 Å². The summed E-state index contributed by atoms with van der Waals surface area (Å²) in [4.78, 5) is 12.5. The van der Waals surface area contributed by atoms with Crippen LogP contribution in [0.15, 0.2) is 30.3 Å². The van der Waals surface area contributed by atoms with E-state index >= 15 is 0 Å². The van der Waals surface area contributed by atoms with E-state index in [0.29, 0.717) is 12.5 Å². The fourth-order valence-corrected chi connectivity index (χ4v) is 2.64. The van der Waals surface area contributed by atoms with E-state index in [1.807, 2.05) is 30.3 Å². The number of amides is 1. The normalized spacial score (nSPS) is 18.1. The molecule has 1 atom stereocenters. The molecule has 1 unspecified atom stereocenters. The zero-order chi connectivity index (χ0) is 13.9. The fourth-order valence-electron chi connectivity index (χ4n) is 2.64. The number of nitrogens with one attached hydrogen (secondary N) is 1. The maximum atomic E-state index is 12.5. The molecule has 0 spiro atoms. The van der Waals surface area contributed by atoms with Crippen LogP contribution in [0.25, 0.3) is 0 Å². The minimum Gasteiger partial charge on any atom is -0.351 e. The van der Waals surface area contributed by atoms with E-state index in [4.69, 9.17) is 5.73 Å². The highest BCUT2D eigenvalue weighted by Gasteiger charge is 2.51. The molecule has 1 aromatic carbocycles. The van der Waals surface area contributed by atoms with Crippen LogP contribution in [0, 0.1) is 5.92 Å². The van der Waals surface area contributed by atoms with Gasteiger partial charge < -0.3 is 11.1 Å². The third-order valence-electron chi connectivity index (χ3n) is 3.89. The van der Waals surface area contributed by atoms with E-state index in [-0.39, 0.29) is 17.4 Å². The molecule has 3 heteroatoms. The molecule has 0 aliphatic heterocycles. The van der Waals surface area contributed by atoms with E-state index < -0.39 is 0 Å². The Morgan fingerprint density at radius 3 is 2.42 bits per heavy atom. The molecule has 0 radical (unpaired) electrons. The maximum absolute atomic E-state index is 12.5. The Balaban J connectivity index is 2.04. The van der Waals surface area contributed by atoms with Gasteiger partial charge in [0.1, 0.15) is 0 Å². The van der Waals surface area contributed by atoms with Gasteiger partial charge >= 0.3 is 0 Å². The van der Waals surface area contributed by atoms with Gasteiger partial charge in [0.15, 0.2) is 0 Å². The topological polar surface area (TPSA) is 55.1 Å². The van der Waals surface area contributed by atoms with Gasteiger partial charge in [-0.2, -0.15) is 0 Å². The lowest BCUT2D eigenvalue weighted by atomic mass is 9.94. The van der Waals surface area contributed by atoms with Crippen molar-refractivity contribution in [2.45, 2.75) is 44.6 Å². The largest absolute Gasteiger partial charge is 0.351 e. The summed E-state index contributed by atoms with van der Waals surface area (Å²) in [6.45, 7) is 4.81. The predicted molar refractivity (Wildman–Crippen MR) is 77.8 cm³/mol. The first kappa shape index (κ1) is 14.1. The van der Waals surface area contributed by atoms with Gasteiger partial charge in [-0.15, -0.1) is 0 Å². The van der Waals surface area contributed by atoms with Gasteiger partial charge in [0.2, 0.25) is 5.91 Å². The lowest BCUT2D eigenvalue weighted by Gasteiger charge is -2.23. The molecular formula is C16H24N2O. The third-order valence-corrected chi connectivity index (χ3v) is 3.89. The summed E-state index contributed by atoms with van der Waals surface area (Å²) in [6, 6.07) is 10.2. The zero-order valence-electron chi connectivity index (χ0n) is 11.9. The van der Waals surface area contributed by atoms with Crippen LogP contribution >= 0.6 is 0 Å². The van der Waals surface area contributed by atoms with Gasteiger partial charge in [-0.1, -0.05) is 44.2 Å². The second kappa shape index (κ2) is 5.74. The Hall–Kier alpha value is -1.35. The highest BCUT2D eigenvalue weighted by molar-refractivity contribution is 5.91. The molecular weight excluding hydrogens is 236 g/mol. The highest BCUT2D eigenvalue weighted by Crippen LogP contribution is 2.48. The van der Waals surface area contributed by atoms with Crippen LogP contribution in [0.3, 0.4) is 0 Å². The summed E-state index contributed by atoms with van der Waals surface area (Å²) >= 11 is 0. The van der Waals surface area contributed by atoms with Gasteiger partial charge in [-0.25, -0.2) is 0 Å². The number of carbonyl (C=O) groups excluding carboxylic acids is 1. The highest BCUT2D eigenvalue weighted by atomic mass is 16.2. The molecule has 0 saturated heterocycles. The van der Waals surface area contributed by atoms with Crippen molar-refractivity contribution in [2.24, 2.45) is 11.7 Å². The minimum atomic E-state index is -0.286. The number of nitrogens with two attached hydrogens (primary N) is 1. The molecule has 3 N–H and O–H groups in total. The summed E-state index contributed by atoms with van der Waals surface area (Å²) < 4.78 is 0. The fraction of sp³-hybridized carbons (Fsp3) is 0.562. The molecule has 1 aliphatic carbocycles. The van der Waals surface area contributed by atoms with Crippen LogP contribution in [-0.4, -0.2) is 18.5 Å². The first-order valence-electron chi connectivity index (χ1n) is 7.15. The smallest absolute Gasteiger partial charge is 0.230 e. The molecule has 1 amide bonds. The van der Waals surface area contributed by atoms with Crippen LogP contribution < -0.4 is 11.1 Å². The van der Waals surface area contributed by atoms with Gasteiger partial charge in [-0.05, 0) is 30.7 Å². The number of hydrogen-bond donors (Lipinski definition) is 2. The molecule has 0 aromatic heterocycles. The van der Waals surface area contributed by atoms with Crippen LogP contribution in [0.2, 0.25) is 0 Å². The molecule has 1 saturated carbocycles. The van der Waals surface area contributed by atoms with Crippen LogP contribution in [0.1, 0.15) is 38.7 Å². The number of carbonyl (C=O) groups is 1. The summed E-state index contributed by atoms with van der Waals surface area (Å²) in [6.07, 6.45) is 2.83. The Bertz CT molecular complexity index is 424. The second-order valence-electron chi connectivity index (χ2n) is 5.98. The zero-order valence-corrected chi connectivity index (χ0v) is 11.9. The van der Waals surface area contributed by atoms with Crippen LogP contribution in [0.5, 0.6) is 0 Å². The molecule has 0 bridgehead atoms. The molecule has 1 aromatic rings. The molecule has 2 rings (SSSR count). The molecule has 19 heavy (non-hydrogen) atoms. The summed E-state index contributed by atoms with van der Waals surface area (Å²) in [7, 11) is 0. The SMILES string of the molecule is CC(C)CC(CN)NC(=O)C1(c2ccccc2)CC1. The Kier molecular flexibility index (Phi) is 4.25. The first-order chi connectivity index (χ1) is 9.08. The molecule has 3 nitrogen and oxygen atoms in total. The Labute approximate surface area is 115 Å². The van der Waals surface area contributed by atoms with Gasteiger partial charge in [0.25, 0.3) is 0 Å². The molecule has 0 heterocycles.